The van der Waals surface area contributed by atoms with Crippen LogP contribution in [0.1, 0.15) is 19.0 Å². The molecule has 0 atom stereocenters. The minimum absolute atomic E-state index is 0.754. The molecule has 1 N–H and O–H groups in total. The summed E-state index contributed by atoms with van der Waals surface area (Å²) in [7, 11) is 5.84. The van der Waals surface area contributed by atoms with Gasteiger partial charge in [0.2, 0.25) is 0 Å². The lowest BCUT2D eigenvalue weighted by Crippen LogP contribution is -2.38. The monoisotopic (exact) mass is 266 g/mol. The second kappa shape index (κ2) is 8.58. The van der Waals surface area contributed by atoms with Crippen molar-refractivity contribution in [3.8, 4) is 0 Å². The summed E-state index contributed by atoms with van der Waals surface area (Å²) >= 11 is 0. The molecule has 0 amide bonds. The molecule has 0 fully saturated rings. The van der Waals surface area contributed by atoms with Gasteiger partial charge in [0.1, 0.15) is 0 Å². The second-order valence-corrected chi connectivity index (χ2v) is 4.55. The van der Waals surface area contributed by atoms with E-state index < -0.39 is 0 Å². The summed E-state index contributed by atoms with van der Waals surface area (Å²) in [5.41, 5.74) is 1.27. The predicted octanol–water partition coefficient (Wildman–Crippen LogP) is 1.46. The zero-order valence-corrected chi connectivity index (χ0v) is 12.5. The summed E-state index contributed by atoms with van der Waals surface area (Å²) in [6.45, 7) is 5.35. The number of hydrogen-bond donors (Lipinski definition) is 1. The number of nitrogens with one attached hydrogen (secondary N) is 1. The van der Waals surface area contributed by atoms with Crippen LogP contribution in [0.15, 0.2) is 23.3 Å². The first-order chi connectivity index (χ1) is 9.19. The summed E-state index contributed by atoms with van der Waals surface area (Å²) in [5.74, 6) is 0.944. The van der Waals surface area contributed by atoms with E-state index in [4.69, 9.17) is 4.74 Å². The van der Waals surface area contributed by atoms with E-state index in [0.29, 0.717) is 0 Å². The number of hydrogen-bond acceptors (Lipinski definition) is 2. The lowest BCUT2D eigenvalue weighted by Gasteiger charge is -2.22. The number of guanidine groups is 1. The first-order valence-electron chi connectivity index (χ1n) is 6.77. The zero-order valence-electron chi connectivity index (χ0n) is 12.5. The number of aliphatic imine (C=N–C) groups is 1. The van der Waals surface area contributed by atoms with E-state index in [2.05, 4.69) is 59.1 Å². The predicted molar refractivity (Wildman–Crippen MR) is 79.4 cm³/mol. The molecule has 0 radical (unpaired) electrons. The third-order valence-electron chi connectivity index (χ3n) is 2.92. The van der Waals surface area contributed by atoms with Crippen molar-refractivity contribution in [2.24, 2.45) is 12.0 Å². The molecule has 0 bridgehead atoms. The largest absolute Gasteiger partial charge is 0.385 e. The Hall–Kier alpha value is -1.49. The van der Waals surface area contributed by atoms with Crippen LogP contribution < -0.4 is 5.32 Å². The smallest absolute Gasteiger partial charge is 0.194 e. The molecule has 1 aromatic rings. The average molecular weight is 266 g/mol. The van der Waals surface area contributed by atoms with Gasteiger partial charge in [-0.25, -0.2) is 0 Å². The normalized spacial score (nSPS) is 11.7. The highest BCUT2D eigenvalue weighted by Gasteiger charge is 2.07. The fourth-order valence-corrected chi connectivity index (χ4v) is 1.84. The molecular formula is C14H26N4O. The second-order valence-electron chi connectivity index (χ2n) is 4.55. The Morgan fingerprint density at radius 2 is 2.32 bits per heavy atom. The fraction of sp³-hybridized carbons (Fsp3) is 0.643. The Morgan fingerprint density at radius 1 is 1.53 bits per heavy atom. The molecule has 0 aliphatic carbocycles. The van der Waals surface area contributed by atoms with Gasteiger partial charge in [-0.3, -0.25) is 4.99 Å². The van der Waals surface area contributed by atoms with Crippen LogP contribution in [0.4, 0.5) is 0 Å². The molecule has 0 aromatic carbocycles. The third kappa shape index (κ3) is 5.34. The summed E-state index contributed by atoms with van der Waals surface area (Å²) in [6, 6.07) is 4.19. The van der Waals surface area contributed by atoms with E-state index in [-0.39, 0.29) is 0 Å². The number of aryl methyl sites for hydroxylation is 1. The molecule has 0 spiro atoms. The molecule has 0 saturated carbocycles. The van der Waals surface area contributed by atoms with E-state index in [1.807, 2.05) is 0 Å². The SMILES string of the molecule is CCNC(=NCCCOC)N(C)Cc1cccn1C. The minimum atomic E-state index is 0.754. The maximum atomic E-state index is 5.04. The van der Waals surface area contributed by atoms with Crippen molar-refractivity contribution >= 4 is 5.96 Å². The summed E-state index contributed by atoms with van der Waals surface area (Å²) in [4.78, 5) is 6.75. The van der Waals surface area contributed by atoms with Gasteiger partial charge in [-0.15, -0.1) is 0 Å². The van der Waals surface area contributed by atoms with Crippen molar-refractivity contribution in [1.29, 1.82) is 0 Å². The molecular weight excluding hydrogens is 240 g/mol. The van der Waals surface area contributed by atoms with Crippen molar-refractivity contribution in [3.63, 3.8) is 0 Å². The molecule has 0 saturated heterocycles. The van der Waals surface area contributed by atoms with Gasteiger partial charge in [-0.1, -0.05) is 0 Å². The fourth-order valence-electron chi connectivity index (χ4n) is 1.84. The number of nitrogens with zero attached hydrogens (tertiary/aromatic N) is 3. The number of aromatic nitrogens is 1. The van der Waals surface area contributed by atoms with Crippen LogP contribution in [0.3, 0.4) is 0 Å². The van der Waals surface area contributed by atoms with E-state index in [0.717, 1.165) is 38.6 Å². The standard InChI is InChI=1S/C14H26N4O/c1-5-15-14(16-9-7-11-19-4)18(3)12-13-8-6-10-17(13)2/h6,8,10H,5,7,9,11-12H2,1-4H3,(H,15,16). The zero-order chi connectivity index (χ0) is 14.1. The van der Waals surface area contributed by atoms with Crippen molar-refractivity contribution in [2.75, 3.05) is 33.9 Å². The van der Waals surface area contributed by atoms with Gasteiger partial charge in [0.25, 0.3) is 0 Å². The lowest BCUT2D eigenvalue weighted by atomic mass is 10.4. The Bertz CT molecular complexity index is 387. The van der Waals surface area contributed by atoms with Crippen molar-refractivity contribution in [1.82, 2.24) is 14.8 Å². The topological polar surface area (TPSA) is 41.8 Å². The van der Waals surface area contributed by atoms with Gasteiger partial charge in [0, 0.05) is 52.8 Å². The first-order valence-corrected chi connectivity index (χ1v) is 6.77. The summed E-state index contributed by atoms with van der Waals surface area (Å²) < 4.78 is 7.17. The Kier molecular flexibility index (Phi) is 7.03. The molecule has 19 heavy (non-hydrogen) atoms. The lowest BCUT2D eigenvalue weighted by molar-refractivity contribution is 0.197. The number of rotatable bonds is 7. The van der Waals surface area contributed by atoms with Crippen LogP contribution >= 0.6 is 0 Å². The minimum Gasteiger partial charge on any atom is -0.385 e. The molecule has 0 aliphatic rings. The highest BCUT2D eigenvalue weighted by Crippen LogP contribution is 2.03. The molecule has 1 heterocycles. The number of methoxy groups -OCH3 is 1. The van der Waals surface area contributed by atoms with E-state index >= 15 is 0 Å². The first kappa shape index (κ1) is 15.6. The van der Waals surface area contributed by atoms with Crippen LogP contribution in [0.5, 0.6) is 0 Å². The molecule has 1 rings (SSSR count). The Morgan fingerprint density at radius 3 is 2.89 bits per heavy atom. The Balaban J connectivity index is 2.56. The van der Waals surface area contributed by atoms with Gasteiger partial charge in [0.15, 0.2) is 5.96 Å². The molecule has 5 nitrogen and oxygen atoms in total. The number of ether oxygens (including phenoxy) is 1. The average Bonchev–Trinajstić information content (AvgIpc) is 2.79. The molecule has 108 valence electrons. The van der Waals surface area contributed by atoms with E-state index in [1.54, 1.807) is 7.11 Å². The van der Waals surface area contributed by atoms with Gasteiger partial charge in [-0.05, 0) is 25.5 Å². The van der Waals surface area contributed by atoms with Gasteiger partial charge in [0.05, 0.1) is 6.54 Å². The summed E-state index contributed by atoms with van der Waals surface area (Å²) in [5, 5.41) is 3.32. The highest BCUT2D eigenvalue weighted by atomic mass is 16.5. The van der Waals surface area contributed by atoms with Crippen molar-refractivity contribution < 1.29 is 4.74 Å². The quantitative estimate of drug-likeness (QED) is 0.461. The maximum Gasteiger partial charge on any atom is 0.194 e. The van der Waals surface area contributed by atoms with Crippen LogP contribution in [-0.2, 0) is 18.3 Å². The summed E-state index contributed by atoms with van der Waals surface area (Å²) in [6.07, 6.45) is 3.01. The Labute approximate surface area is 116 Å². The van der Waals surface area contributed by atoms with Gasteiger partial charge < -0.3 is 19.5 Å². The molecule has 0 aliphatic heterocycles. The van der Waals surface area contributed by atoms with Crippen LogP contribution in [-0.4, -0.2) is 49.3 Å². The molecule has 0 unspecified atom stereocenters. The van der Waals surface area contributed by atoms with Crippen molar-refractivity contribution in [3.05, 3.63) is 24.0 Å². The maximum absolute atomic E-state index is 5.04. The van der Waals surface area contributed by atoms with Crippen molar-refractivity contribution in [2.45, 2.75) is 19.9 Å². The van der Waals surface area contributed by atoms with Crippen LogP contribution in [0.2, 0.25) is 0 Å². The van der Waals surface area contributed by atoms with E-state index in [1.165, 1.54) is 5.69 Å². The van der Waals surface area contributed by atoms with E-state index in [9.17, 15) is 0 Å². The van der Waals surface area contributed by atoms with Crippen LogP contribution in [0, 0.1) is 0 Å². The van der Waals surface area contributed by atoms with Gasteiger partial charge >= 0.3 is 0 Å². The highest BCUT2D eigenvalue weighted by molar-refractivity contribution is 5.79. The van der Waals surface area contributed by atoms with Crippen LogP contribution in [0.25, 0.3) is 0 Å². The van der Waals surface area contributed by atoms with Gasteiger partial charge in [-0.2, -0.15) is 0 Å². The molecule has 1 aromatic heterocycles. The molecule has 5 heteroatoms. The third-order valence-corrected chi connectivity index (χ3v) is 2.92.